The van der Waals surface area contributed by atoms with Crippen molar-refractivity contribution >= 4 is 17.4 Å². The molecule has 156 valence electrons. The summed E-state index contributed by atoms with van der Waals surface area (Å²) in [6.07, 6.45) is 7.43. The predicted molar refractivity (Wildman–Crippen MR) is 113 cm³/mol. The first kappa shape index (κ1) is 18.8. The number of ether oxygens (including phenoxy) is 1. The van der Waals surface area contributed by atoms with E-state index in [9.17, 15) is 4.79 Å². The molecule has 0 aliphatic carbocycles. The van der Waals surface area contributed by atoms with Gasteiger partial charge in [0.05, 0.1) is 24.9 Å². The lowest BCUT2D eigenvalue weighted by Gasteiger charge is -2.36. The largest absolute Gasteiger partial charge is 0.481 e. The molecular formula is C21H25N7O2. The van der Waals surface area contributed by atoms with E-state index in [0.717, 1.165) is 55.1 Å². The highest BCUT2D eigenvalue weighted by Gasteiger charge is 2.29. The predicted octanol–water partition coefficient (Wildman–Crippen LogP) is 1.20. The summed E-state index contributed by atoms with van der Waals surface area (Å²) in [5.74, 6) is 1.67. The second-order valence-corrected chi connectivity index (χ2v) is 7.63. The first-order chi connectivity index (χ1) is 14.7. The van der Waals surface area contributed by atoms with E-state index in [-0.39, 0.29) is 11.9 Å². The number of pyridine rings is 1. The Morgan fingerprint density at radius 2 is 2.07 bits per heavy atom. The van der Waals surface area contributed by atoms with Gasteiger partial charge in [-0.15, -0.1) is 0 Å². The van der Waals surface area contributed by atoms with Crippen LogP contribution in [0.5, 0.6) is 5.88 Å². The van der Waals surface area contributed by atoms with Crippen LogP contribution < -0.4 is 15.0 Å². The quantitative estimate of drug-likeness (QED) is 0.695. The molecule has 0 radical (unpaired) electrons. The lowest BCUT2D eigenvalue weighted by Crippen LogP contribution is -2.53. The van der Waals surface area contributed by atoms with Crippen molar-refractivity contribution in [2.45, 2.75) is 18.9 Å². The third kappa shape index (κ3) is 3.35. The van der Waals surface area contributed by atoms with Gasteiger partial charge in [-0.3, -0.25) is 4.79 Å². The standard InChI is InChI=1S/C21H25N7O2/c1-30-20-15(4-2-8-23-20)16-14-24-28-9-6-18(25-19(16)28)26-10-12-27(13-11-26)21(29)17-5-3-7-22-17/h2,4,6,8-9,14,17,22H,3,5,7,10-13H2,1H3/t17-/m0/s1. The number of aromatic nitrogens is 4. The topological polar surface area (TPSA) is 87.9 Å². The zero-order chi connectivity index (χ0) is 20.5. The molecule has 2 aliphatic rings. The number of carbonyl (C=O) groups is 1. The van der Waals surface area contributed by atoms with Gasteiger partial charge in [-0.1, -0.05) is 0 Å². The number of methoxy groups -OCH3 is 1. The van der Waals surface area contributed by atoms with Crippen LogP contribution in [0.2, 0.25) is 0 Å². The van der Waals surface area contributed by atoms with E-state index >= 15 is 0 Å². The second kappa shape index (κ2) is 7.91. The first-order valence-corrected chi connectivity index (χ1v) is 10.4. The fourth-order valence-electron chi connectivity index (χ4n) is 4.26. The maximum atomic E-state index is 12.6. The molecule has 2 aliphatic heterocycles. The zero-order valence-corrected chi connectivity index (χ0v) is 17.0. The van der Waals surface area contributed by atoms with Gasteiger partial charge >= 0.3 is 0 Å². The minimum atomic E-state index is -0.00478. The van der Waals surface area contributed by atoms with Crippen molar-refractivity contribution in [3.05, 3.63) is 36.8 Å². The van der Waals surface area contributed by atoms with Crippen molar-refractivity contribution in [1.82, 2.24) is 29.8 Å². The Kier molecular flexibility index (Phi) is 4.96. The van der Waals surface area contributed by atoms with Crippen LogP contribution in [0.1, 0.15) is 12.8 Å². The molecule has 3 aromatic heterocycles. The number of fused-ring (bicyclic) bond motifs is 1. The number of nitrogens with one attached hydrogen (secondary N) is 1. The van der Waals surface area contributed by atoms with Crippen LogP contribution in [-0.4, -0.2) is 76.3 Å². The van der Waals surface area contributed by atoms with Crippen LogP contribution in [0.4, 0.5) is 5.82 Å². The molecule has 1 amide bonds. The fourth-order valence-corrected chi connectivity index (χ4v) is 4.26. The lowest BCUT2D eigenvalue weighted by molar-refractivity contribution is -0.133. The van der Waals surface area contributed by atoms with Crippen molar-refractivity contribution in [3.63, 3.8) is 0 Å². The summed E-state index contributed by atoms with van der Waals surface area (Å²) in [7, 11) is 1.61. The van der Waals surface area contributed by atoms with Crippen molar-refractivity contribution < 1.29 is 9.53 Å². The highest BCUT2D eigenvalue weighted by Crippen LogP contribution is 2.31. The molecule has 0 unspecified atom stereocenters. The number of nitrogens with zero attached hydrogens (tertiary/aromatic N) is 6. The van der Waals surface area contributed by atoms with E-state index in [0.29, 0.717) is 19.0 Å². The van der Waals surface area contributed by atoms with E-state index in [1.807, 2.05) is 29.3 Å². The molecule has 1 atom stereocenters. The summed E-state index contributed by atoms with van der Waals surface area (Å²) in [6.45, 7) is 3.90. The maximum absolute atomic E-state index is 12.6. The number of amides is 1. The molecule has 1 N–H and O–H groups in total. The summed E-state index contributed by atoms with van der Waals surface area (Å²) < 4.78 is 7.17. The smallest absolute Gasteiger partial charge is 0.239 e. The van der Waals surface area contributed by atoms with Crippen LogP contribution in [-0.2, 0) is 4.79 Å². The molecule has 5 heterocycles. The Labute approximate surface area is 174 Å². The average molecular weight is 407 g/mol. The van der Waals surface area contributed by atoms with Gasteiger partial charge in [0.1, 0.15) is 5.82 Å². The molecule has 0 aromatic carbocycles. The van der Waals surface area contributed by atoms with Gasteiger partial charge in [0.25, 0.3) is 0 Å². The zero-order valence-electron chi connectivity index (χ0n) is 17.0. The van der Waals surface area contributed by atoms with Gasteiger partial charge in [0, 0.05) is 44.1 Å². The number of hydrogen-bond donors (Lipinski definition) is 1. The molecule has 0 spiro atoms. The first-order valence-electron chi connectivity index (χ1n) is 10.4. The van der Waals surface area contributed by atoms with E-state index < -0.39 is 0 Å². The van der Waals surface area contributed by atoms with Gasteiger partial charge in [-0.25, -0.2) is 14.5 Å². The molecule has 0 saturated carbocycles. The Balaban J connectivity index is 1.36. The molecule has 5 rings (SSSR count). The number of anilines is 1. The van der Waals surface area contributed by atoms with Crippen molar-refractivity contribution in [2.24, 2.45) is 0 Å². The number of carbonyl (C=O) groups excluding carboxylic acids is 1. The summed E-state index contributed by atoms with van der Waals surface area (Å²) in [5, 5.41) is 7.73. The Bertz CT molecular complexity index is 1050. The maximum Gasteiger partial charge on any atom is 0.239 e. The summed E-state index contributed by atoms with van der Waals surface area (Å²) >= 11 is 0. The highest BCUT2D eigenvalue weighted by atomic mass is 16.5. The van der Waals surface area contributed by atoms with Crippen molar-refractivity contribution in [1.29, 1.82) is 0 Å². The molecule has 0 bridgehead atoms. The van der Waals surface area contributed by atoms with E-state index in [1.54, 1.807) is 24.0 Å². The number of rotatable bonds is 4. The van der Waals surface area contributed by atoms with Crippen LogP contribution in [0.3, 0.4) is 0 Å². The monoisotopic (exact) mass is 407 g/mol. The van der Waals surface area contributed by atoms with Crippen LogP contribution in [0.15, 0.2) is 36.8 Å². The third-order valence-corrected chi connectivity index (χ3v) is 5.88. The Morgan fingerprint density at radius 1 is 1.20 bits per heavy atom. The minimum Gasteiger partial charge on any atom is -0.481 e. The van der Waals surface area contributed by atoms with E-state index in [4.69, 9.17) is 9.72 Å². The normalized spacial score (nSPS) is 19.4. The number of piperazine rings is 1. The third-order valence-electron chi connectivity index (χ3n) is 5.88. The van der Waals surface area contributed by atoms with Crippen LogP contribution in [0, 0.1) is 0 Å². The van der Waals surface area contributed by atoms with Gasteiger partial charge in [0.2, 0.25) is 11.8 Å². The molecule has 9 nitrogen and oxygen atoms in total. The Hall–Kier alpha value is -3.20. The fraction of sp³-hybridized carbons (Fsp3) is 0.429. The molecule has 9 heteroatoms. The van der Waals surface area contributed by atoms with Gasteiger partial charge in [-0.2, -0.15) is 5.10 Å². The molecule has 2 fully saturated rings. The summed E-state index contributed by atoms with van der Waals surface area (Å²) in [5.41, 5.74) is 2.49. The van der Waals surface area contributed by atoms with Gasteiger partial charge in [-0.05, 0) is 37.6 Å². The Morgan fingerprint density at radius 3 is 2.83 bits per heavy atom. The minimum absolute atomic E-state index is 0.00478. The summed E-state index contributed by atoms with van der Waals surface area (Å²) in [4.78, 5) is 26.0. The molecule has 3 aromatic rings. The molecule has 30 heavy (non-hydrogen) atoms. The second-order valence-electron chi connectivity index (χ2n) is 7.63. The molecular weight excluding hydrogens is 382 g/mol. The SMILES string of the molecule is COc1ncccc1-c1cnn2ccc(N3CCN(C(=O)[C@@H]4CCCN4)CC3)nc12. The summed E-state index contributed by atoms with van der Waals surface area (Å²) in [6, 6.07) is 5.80. The highest BCUT2D eigenvalue weighted by molar-refractivity contribution is 5.83. The van der Waals surface area contributed by atoms with Gasteiger partial charge < -0.3 is 19.9 Å². The van der Waals surface area contributed by atoms with Crippen LogP contribution >= 0.6 is 0 Å². The number of hydrogen-bond acceptors (Lipinski definition) is 7. The van der Waals surface area contributed by atoms with Crippen molar-refractivity contribution in [2.75, 3.05) is 44.7 Å². The molecule has 2 saturated heterocycles. The van der Waals surface area contributed by atoms with Crippen LogP contribution in [0.25, 0.3) is 16.8 Å². The van der Waals surface area contributed by atoms with Crippen molar-refractivity contribution in [3.8, 4) is 17.0 Å². The average Bonchev–Trinajstić information content (AvgIpc) is 3.48. The van der Waals surface area contributed by atoms with E-state index in [2.05, 4.69) is 20.3 Å². The van der Waals surface area contributed by atoms with E-state index in [1.165, 1.54) is 0 Å². The lowest BCUT2D eigenvalue weighted by atomic mass is 10.1. The van der Waals surface area contributed by atoms with Gasteiger partial charge in [0.15, 0.2) is 5.65 Å².